The van der Waals surface area contributed by atoms with Crippen LogP contribution in [0.3, 0.4) is 0 Å². The largest absolute Gasteiger partial charge is 0.308 e. The van der Waals surface area contributed by atoms with Crippen LogP contribution >= 0.6 is 0 Å². The summed E-state index contributed by atoms with van der Waals surface area (Å²) in [7, 11) is 0. The highest BCUT2D eigenvalue weighted by molar-refractivity contribution is 6.40. The van der Waals surface area contributed by atoms with E-state index >= 15 is 0 Å². The van der Waals surface area contributed by atoms with Crippen molar-refractivity contribution in [3.05, 3.63) is 261 Å². The fraction of sp³-hybridized carbons (Fsp3) is 0. The van der Waals surface area contributed by atoms with E-state index in [9.17, 15) is 0 Å². The minimum absolute atomic E-state index is 0.563. The third-order valence-electron chi connectivity index (χ3n) is 15.4. The molecular weight excluding hydrogens is 927 g/mol. The summed E-state index contributed by atoms with van der Waals surface area (Å²) in [5.41, 5.74) is 15.6. The van der Waals surface area contributed by atoms with Crippen molar-refractivity contribution in [1.29, 1.82) is 0 Å². The number of hydrogen-bond donors (Lipinski definition) is 0. The summed E-state index contributed by atoms with van der Waals surface area (Å²) in [5.74, 6) is 1.75. The fourth-order valence-corrected chi connectivity index (χ4v) is 12.3. The van der Waals surface area contributed by atoms with Gasteiger partial charge in [-0.05, 0) is 66.7 Å². The summed E-state index contributed by atoms with van der Waals surface area (Å²) < 4.78 is 9.93. The van der Waals surface area contributed by atoms with Crippen LogP contribution in [0.2, 0.25) is 0 Å². The molecule has 354 valence electrons. The van der Waals surface area contributed by atoms with Crippen LogP contribution in [0.15, 0.2) is 261 Å². The van der Waals surface area contributed by atoms with E-state index in [2.05, 4.69) is 243 Å². The van der Waals surface area contributed by atoms with Gasteiger partial charge in [0, 0.05) is 65.6 Å². The molecule has 0 aliphatic rings. The van der Waals surface area contributed by atoms with E-state index < -0.39 is 0 Å². The highest BCUT2D eigenvalue weighted by Gasteiger charge is 2.31. The zero-order valence-corrected chi connectivity index (χ0v) is 41.0. The second-order valence-corrected chi connectivity index (χ2v) is 19.5. The topological polar surface area (TPSA) is 58.4 Å². The lowest BCUT2D eigenvalue weighted by atomic mass is 10.0. The molecule has 76 heavy (non-hydrogen) atoms. The van der Waals surface area contributed by atoms with Crippen molar-refractivity contribution >= 4 is 87.2 Å². The van der Waals surface area contributed by atoms with E-state index in [1.165, 1.54) is 21.5 Å². The quantitative estimate of drug-likeness (QED) is 0.160. The maximum Gasteiger partial charge on any atom is 0.168 e. The average Bonchev–Trinajstić information content (AvgIpc) is 4.31. The number of aromatic nitrogens is 7. The van der Waals surface area contributed by atoms with Gasteiger partial charge in [-0.15, -0.1) is 0 Å². The Morgan fingerprint density at radius 3 is 0.947 bits per heavy atom. The van der Waals surface area contributed by atoms with Gasteiger partial charge in [-0.2, -0.15) is 0 Å². The predicted molar refractivity (Wildman–Crippen MR) is 313 cm³/mol. The first kappa shape index (κ1) is 42.2. The van der Waals surface area contributed by atoms with E-state index in [0.717, 1.165) is 105 Å². The van der Waals surface area contributed by atoms with Crippen molar-refractivity contribution in [1.82, 2.24) is 33.2 Å². The second kappa shape index (κ2) is 16.6. The Hall–Kier alpha value is -10.4. The van der Waals surface area contributed by atoms with Crippen LogP contribution in [0.4, 0.5) is 0 Å². The number of nitrogens with zero attached hydrogens (tertiary/aromatic N) is 7. The smallest absolute Gasteiger partial charge is 0.168 e. The van der Waals surface area contributed by atoms with Gasteiger partial charge >= 0.3 is 0 Å². The Bertz CT molecular complexity index is 4790. The molecule has 7 nitrogen and oxygen atoms in total. The Morgan fingerprint density at radius 1 is 0.224 bits per heavy atom. The first-order chi connectivity index (χ1) is 37.8. The van der Waals surface area contributed by atoms with Crippen LogP contribution in [-0.4, -0.2) is 33.2 Å². The van der Waals surface area contributed by atoms with Crippen molar-refractivity contribution < 1.29 is 0 Å². The van der Waals surface area contributed by atoms with Crippen LogP contribution in [0.1, 0.15) is 0 Å². The summed E-state index contributed by atoms with van der Waals surface area (Å²) in [6.45, 7) is 0. The molecule has 0 unspecified atom stereocenters. The molecule has 0 spiro atoms. The third kappa shape index (κ3) is 6.08. The second-order valence-electron chi connectivity index (χ2n) is 19.5. The lowest BCUT2D eigenvalue weighted by Gasteiger charge is -2.20. The standard InChI is InChI=1S/C69H43N7/c1-5-24-44(25-6-1)67-70-68(45-26-7-2-8-27-45)72-69(71-67)63-58(75-53-37-18-13-32-48(53)49-33-14-19-38-54(49)75)42-23-43-59(63)76-57-41-22-17-36-52(57)62-65-60(50-34-15-20-39-55(50)73(65)46-28-9-3-10-29-46)64-61(66(62)76)51-35-16-21-40-56(51)74(64)47-30-11-4-12-31-47/h1-43H. The highest BCUT2D eigenvalue weighted by atomic mass is 15.1. The molecule has 5 heterocycles. The Labute approximate surface area is 436 Å². The lowest BCUT2D eigenvalue weighted by molar-refractivity contribution is 1.05. The first-order valence-electron chi connectivity index (χ1n) is 25.8. The molecule has 7 heteroatoms. The van der Waals surface area contributed by atoms with Crippen molar-refractivity contribution in [2.45, 2.75) is 0 Å². The van der Waals surface area contributed by atoms with Crippen molar-refractivity contribution in [3.63, 3.8) is 0 Å². The normalized spacial score (nSPS) is 11.9. The molecule has 0 aliphatic carbocycles. The van der Waals surface area contributed by atoms with E-state index in [1.807, 2.05) is 36.4 Å². The summed E-state index contributed by atoms with van der Waals surface area (Å²) in [6, 6.07) is 93.2. The molecular formula is C69H43N7. The number of fused-ring (bicyclic) bond motifs is 15. The van der Waals surface area contributed by atoms with Crippen molar-refractivity contribution in [2.24, 2.45) is 0 Å². The van der Waals surface area contributed by atoms with Gasteiger partial charge in [0.05, 0.1) is 61.1 Å². The number of hydrogen-bond acceptors (Lipinski definition) is 3. The molecule has 0 saturated heterocycles. The van der Waals surface area contributed by atoms with E-state index in [4.69, 9.17) is 15.0 Å². The highest BCUT2D eigenvalue weighted by Crippen LogP contribution is 2.51. The SMILES string of the molecule is c1ccc(-c2nc(-c3ccccc3)nc(-c3c(-n4c5ccccc5c5ccccc54)cccc3-n3c4ccccc4c4c5c(c6ccccc6n5-c5ccccc5)c5c(c6ccccc6n5-c5ccccc5)c43)n2)cc1. The zero-order chi connectivity index (χ0) is 49.8. The number of benzene rings is 11. The number of para-hydroxylation sites is 7. The van der Waals surface area contributed by atoms with E-state index in [0.29, 0.717) is 17.5 Å². The molecule has 0 radical (unpaired) electrons. The van der Waals surface area contributed by atoms with Gasteiger partial charge < -0.3 is 18.3 Å². The van der Waals surface area contributed by atoms with Crippen LogP contribution in [-0.2, 0) is 0 Å². The van der Waals surface area contributed by atoms with Gasteiger partial charge in [-0.1, -0.05) is 194 Å². The van der Waals surface area contributed by atoms with Crippen molar-refractivity contribution in [2.75, 3.05) is 0 Å². The molecule has 0 N–H and O–H groups in total. The first-order valence-corrected chi connectivity index (χ1v) is 25.8. The van der Waals surface area contributed by atoms with E-state index in [1.54, 1.807) is 0 Å². The molecule has 0 fully saturated rings. The molecule has 0 bridgehead atoms. The average molecular weight is 970 g/mol. The molecule has 5 aromatic heterocycles. The summed E-state index contributed by atoms with van der Waals surface area (Å²) >= 11 is 0. The molecule has 0 atom stereocenters. The summed E-state index contributed by atoms with van der Waals surface area (Å²) in [6.07, 6.45) is 0. The van der Waals surface area contributed by atoms with Crippen LogP contribution in [0.5, 0.6) is 0 Å². The van der Waals surface area contributed by atoms with Gasteiger partial charge in [-0.3, -0.25) is 0 Å². The van der Waals surface area contributed by atoms with Gasteiger partial charge in [0.2, 0.25) is 0 Å². The van der Waals surface area contributed by atoms with Crippen LogP contribution in [0, 0.1) is 0 Å². The molecule has 16 aromatic rings. The Kier molecular flexibility index (Phi) is 9.20. The zero-order valence-electron chi connectivity index (χ0n) is 41.0. The molecule has 11 aromatic carbocycles. The van der Waals surface area contributed by atoms with Gasteiger partial charge in [0.1, 0.15) is 0 Å². The van der Waals surface area contributed by atoms with Gasteiger partial charge in [0.15, 0.2) is 17.5 Å². The van der Waals surface area contributed by atoms with Crippen molar-refractivity contribution in [3.8, 4) is 56.9 Å². The Balaban J connectivity index is 1.17. The molecule has 0 aliphatic heterocycles. The maximum atomic E-state index is 5.59. The summed E-state index contributed by atoms with van der Waals surface area (Å²) in [5, 5.41) is 9.34. The Morgan fingerprint density at radius 2 is 0.526 bits per heavy atom. The molecule has 0 saturated carbocycles. The summed E-state index contributed by atoms with van der Waals surface area (Å²) in [4.78, 5) is 16.4. The van der Waals surface area contributed by atoms with E-state index in [-0.39, 0.29) is 0 Å². The van der Waals surface area contributed by atoms with Gasteiger partial charge in [-0.25, -0.2) is 15.0 Å². The molecule has 16 rings (SSSR count). The minimum Gasteiger partial charge on any atom is -0.308 e. The fourth-order valence-electron chi connectivity index (χ4n) is 12.3. The van der Waals surface area contributed by atoms with Gasteiger partial charge in [0.25, 0.3) is 0 Å². The maximum absolute atomic E-state index is 5.59. The lowest BCUT2D eigenvalue weighted by Crippen LogP contribution is -2.08. The monoisotopic (exact) mass is 969 g/mol. The third-order valence-corrected chi connectivity index (χ3v) is 15.4. The number of rotatable bonds is 7. The van der Waals surface area contributed by atoms with Crippen LogP contribution in [0.25, 0.3) is 144 Å². The van der Waals surface area contributed by atoms with Crippen LogP contribution < -0.4 is 0 Å². The minimum atomic E-state index is 0.563. The molecule has 0 amide bonds. The predicted octanol–water partition coefficient (Wildman–Crippen LogP) is 17.3.